The van der Waals surface area contributed by atoms with Gasteiger partial charge in [-0.15, -0.1) is 0 Å². The van der Waals surface area contributed by atoms with E-state index < -0.39 is 0 Å². The topological polar surface area (TPSA) is 66.5 Å². The summed E-state index contributed by atoms with van der Waals surface area (Å²) in [4.78, 5) is 8.86. The van der Waals surface area contributed by atoms with Crippen molar-refractivity contribution in [2.24, 2.45) is 0 Å². The first-order valence-corrected chi connectivity index (χ1v) is 8.29. The Hall–Kier alpha value is -3.73. The van der Waals surface area contributed by atoms with Crippen LogP contribution in [-0.2, 0) is 0 Å². The van der Waals surface area contributed by atoms with Gasteiger partial charge in [0.2, 0.25) is 0 Å². The van der Waals surface area contributed by atoms with E-state index in [1.54, 1.807) is 6.33 Å². The molecule has 0 unspecified atom stereocenters. The Kier molecular flexibility index (Phi) is 3.35. The van der Waals surface area contributed by atoms with Gasteiger partial charge in [0, 0.05) is 10.8 Å². The van der Waals surface area contributed by atoms with Crippen molar-refractivity contribution < 1.29 is 0 Å². The molecule has 0 spiro atoms. The van der Waals surface area contributed by atoms with Gasteiger partial charge in [0.25, 0.3) is 0 Å². The van der Waals surface area contributed by atoms with Crippen molar-refractivity contribution in [1.82, 2.24) is 20.2 Å². The standard InChI is InChI=1S/C21H14N5/c1-2-5-14(6-3-1)15-9-10-18-16(11-15)21(23-13-22-18)25-19-7-4-8-20-17(19)12-24-26-20/h2-13H,(H,24,26)(H,22,23,25). The maximum absolute atomic E-state index is 4.47. The molecule has 2 N–H and O–H groups in total. The van der Waals surface area contributed by atoms with Crippen LogP contribution in [0.5, 0.6) is 0 Å². The Morgan fingerprint density at radius 2 is 1.81 bits per heavy atom. The van der Waals surface area contributed by atoms with E-state index in [0.717, 1.165) is 44.4 Å². The first-order chi connectivity index (χ1) is 12.9. The van der Waals surface area contributed by atoms with Crippen LogP contribution in [0.15, 0.2) is 73.2 Å². The quantitative estimate of drug-likeness (QED) is 0.500. The molecule has 0 aliphatic heterocycles. The Balaban J connectivity index is 1.64. The van der Waals surface area contributed by atoms with Crippen molar-refractivity contribution >= 4 is 33.3 Å². The highest BCUT2D eigenvalue weighted by Gasteiger charge is 2.09. The van der Waals surface area contributed by atoms with E-state index in [2.05, 4.69) is 43.7 Å². The van der Waals surface area contributed by atoms with Crippen LogP contribution < -0.4 is 5.32 Å². The third-order valence-corrected chi connectivity index (χ3v) is 4.42. The second-order valence-corrected chi connectivity index (χ2v) is 6.00. The van der Waals surface area contributed by atoms with Gasteiger partial charge in [0.05, 0.1) is 22.9 Å². The number of anilines is 2. The molecule has 0 atom stereocenters. The molecule has 0 saturated heterocycles. The molecule has 1 radical (unpaired) electrons. The van der Waals surface area contributed by atoms with Crippen LogP contribution in [0.1, 0.15) is 0 Å². The molecular formula is C21H14N5. The predicted octanol–water partition coefficient (Wildman–Crippen LogP) is 4.72. The lowest BCUT2D eigenvalue weighted by atomic mass is 10.0. The van der Waals surface area contributed by atoms with Gasteiger partial charge < -0.3 is 5.32 Å². The van der Waals surface area contributed by atoms with Gasteiger partial charge in [-0.1, -0.05) is 36.4 Å². The highest BCUT2D eigenvalue weighted by atomic mass is 15.1. The Morgan fingerprint density at radius 1 is 0.885 bits per heavy atom. The van der Waals surface area contributed by atoms with Gasteiger partial charge in [-0.05, 0) is 41.5 Å². The lowest BCUT2D eigenvalue weighted by molar-refractivity contribution is 1.12. The lowest BCUT2D eigenvalue weighted by Crippen LogP contribution is -1.96. The van der Waals surface area contributed by atoms with E-state index in [1.165, 1.54) is 0 Å². The molecule has 2 heterocycles. The number of nitrogens with zero attached hydrogens (tertiary/aromatic N) is 3. The molecule has 26 heavy (non-hydrogen) atoms. The smallest absolute Gasteiger partial charge is 0.141 e. The number of hydrogen-bond acceptors (Lipinski definition) is 4. The fraction of sp³-hybridized carbons (Fsp3) is 0. The average molecular weight is 336 g/mol. The Morgan fingerprint density at radius 3 is 2.73 bits per heavy atom. The van der Waals surface area contributed by atoms with E-state index in [4.69, 9.17) is 0 Å². The van der Waals surface area contributed by atoms with E-state index in [1.807, 2.05) is 54.7 Å². The molecule has 123 valence electrons. The molecule has 2 aromatic heterocycles. The number of aromatic nitrogens is 4. The molecule has 0 saturated carbocycles. The number of rotatable bonds is 3. The zero-order valence-corrected chi connectivity index (χ0v) is 13.8. The minimum Gasteiger partial charge on any atom is -0.339 e. The summed E-state index contributed by atoms with van der Waals surface area (Å²) in [5.74, 6) is 0.771. The van der Waals surface area contributed by atoms with Crippen molar-refractivity contribution in [3.63, 3.8) is 0 Å². The van der Waals surface area contributed by atoms with Crippen molar-refractivity contribution in [2.45, 2.75) is 0 Å². The zero-order chi connectivity index (χ0) is 17.3. The molecule has 5 aromatic rings. The molecule has 5 nitrogen and oxygen atoms in total. The Labute approximate surface area is 149 Å². The van der Waals surface area contributed by atoms with Gasteiger partial charge in [-0.25, -0.2) is 9.97 Å². The summed E-state index contributed by atoms with van der Waals surface area (Å²) in [7, 11) is 0. The van der Waals surface area contributed by atoms with Crippen LogP contribution in [0.25, 0.3) is 32.9 Å². The first-order valence-electron chi connectivity index (χ1n) is 8.29. The summed E-state index contributed by atoms with van der Waals surface area (Å²) in [5.41, 5.74) is 5.09. The van der Waals surface area contributed by atoms with E-state index in [0.29, 0.717) is 0 Å². The van der Waals surface area contributed by atoms with E-state index in [9.17, 15) is 0 Å². The molecule has 0 aliphatic rings. The van der Waals surface area contributed by atoms with Gasteiger partial charge in [-0.3, -0.25) is 5.10 Å². The van der Waals surface area contributed by atoms with Crippen molar-refractivity contribution in [1.29, 1.82) is 0 Å². The molecule has 0 fully saturated rings. The minimum absolute atomic E-state index is 0.771. The minimum atomic E-state index is 0.771. The number of benzene rings is 3. The third-order valence-electron chi connectivity index (χ3n) is 4.42. The van der Waals surface area contributed by atoms with Crippen molar-refractivity contribution in [3.05, 3.63) is 79.3 Å². The maximum Gasteiger partial charge on any atom is 0.141 e. The summed E-state index contributed by atoms with van der Waals surface area (Å²) < 4.78 is 0. The van der Waals surface area contributed by atoms with Crippen LogP contribution >= 0.6 is 0 Å². The second kappa shape index (κ2) is 5.97. The Bertz CT molecular complexity index is 1210. The predicted molar refractivity (Wildman–Crippen MR) is 103 cm³/mol. The molecule has 0 aliphatic carbocycles. The van der Waals surface area contributed by atoms with Crippen LogP contribution in [0.4, 0.5) is 11.5 Å². The highest BCUT2D eigenvalue weighted by molar-refractivity contribution is 5.98. The van der Waals surface area contributed by atoms with Crippen molar-refractivity contribution in [3.8, 4) is 11.1 Å². The molecule has 3 aromatic carbocycles. The molecule has 0 amide bonds. The van der Waals surface area contributed by atoms with Gasteiger partial charge in [0.15, 0.2) is 0 Å². The maximum atomic E-state index is 4.47. The number of hydrogen-bond donors (Lipinski definition) is 2. The summed E-state index contributed by atoms with van der Waals surface area (Å²) in [6.45, 7) is 0. The second-order valence-electron chi connectivity index (χ2n) is 6.00. The molecular weight excluding hydrogens is 322 g/mol. The van der Waals surface area contributed by atoms with Gasteiger partial charge >= 0.3 is 0 Å². The third kappa shape index (κ3) is 2.46. The lowest BCUT2D eigenvalue weighted by Gasteiger charge is -2.10. The number of H-pyrrole nitrogens is 1. The SMILES string of the molecule is [c]1ccc(-c2ccc3ncnc(Nc4cccc5[nH]ncc45)c3c2)cc1. The molecule has 5 heteroatoms. The van der Waals surface area contributed by atoms with Crippen molar-refractivity contribution in [2.75, 3.05) is 5.32 Å². The van der Waals surface area contributed by atoms with Crippen LogP contribution in [0.3, 0.4) is 0 Å². The molecule has 0 bridgehead atoms. The monoisotopic (exact) mass is 336 g/mol. The van der Waals surface area contributed by atoms with Gasteiger partial charge in [0.1, 0.15) is 12.1 Å². The fourth-order valence-corrected chi connectivity index (χ4v) is 3.12. The zero-order valence-electron chi connectivity index (χ0n) is 13.8. The van der Waals surface area contributed by atoms with E-state index in [-0.39, 0.29) is 0 Å². The first kappa shape index (κ1) is 14.6. The molecule has 5 rings (SSSR count). The van der Waals surface area contributed by atoms with E-state index >= 15 is 0 Å². The number of aromatic amines is 1. The fourth-order valence-electron chi connectivity index (χ4n) is 3.12. The van der Waals surface area contributed by atoms with Gasteiger partial charge in [-0.2, -0.15) is 5.10 Å². The normalized spacial score (nSPS) is 11.1. The van der Waals surface area contributed by atoms with Crippen LogP contribution in [0, 0.1) is 6.07 Å². The number of nitrogens with one attached hydrogen (secondary N) is 2. The summed E-state index contributed by atoms with van der Waals surface area (Å²) >= 11 is 0. The number of fused-ring (bicyclic) bond motifs is 2. The highest BCUT2D eigenvalue weighted by Crippen LogP contribution is 2.30. The van der Waals surface area contributed by atoms with Crippen LogP contribution in [-0.4, -0.2) is 20.2 Å². The summed E-state index contributed by atoms with van der Waals surface area (Å²) in [5, 5.41) is 12.5. The van der Waals surface area contributed by atoms with Crippen LogP contribution in [0.2, 0.25) is 0 Å². The largest absolute Gasteiger partial charge is 0.339 e. The average Bonchev–Trinajstić information content (AvgIpc) is 3.18. The summed E-state index contributed by atoms with van der Waals surface area (Å²) in [6, 6.07) is 23.2. The summed E-state index contributed by atoms with van der Waals surface area (Å²) in [6.07, 6.45) is 3.39.